The van der Waals surface area contributed by atoms with E-state index in [2.05, 4.69) is 40.7 Å². The van der Waals surface area contributed by atoms with Crippen molar-refractivity contribution in [1.82, 2.24) is 19.9 Å². The van der Waals surface area contributed by atoms with Crippen molar-refractivity contribution in [1.29, 1.82) is 0 Å². The van der Waals surface area contributed by atoms with E-state index in [-0.39, 0.29) is 6.09 Å². The van der Waals surface area contributed by atoms with Crippen molar-refractivity contribution in [3.8, 4) is 0 Å². The minimum absolute atomic E-state index is 0.199. The van der Waals surface area contributed by atoms with Crippen LogP contribution in [0.3, 0.4) is 0 Å². The summed E-state index contributed by atoms with van der Waals surface area (Å²) in [6, 6.07) is 2.45. The van der Waals surface area contributed by atoms with Gasteiger partial charge in [0.2, 0.25) is 0 Å². The standard InChI is InChI=1S/C22H35N5O2/c1-6-27(7-2)22(28)29-13-16(4)17-9-8-15(3)19(12-17)26(5)21-18-10-11-23-20(18)24-14-25-21/h10-11,14-17,19H,6-9,12-13H2,1-5H3,(H,23,24,25)/t15-,16+,17+,19+/m1/s1. The van der Waals surface area contributed by atoms with Crippen LogP contribution in [0.1, 0.15) is 47.0 Å². The first-order valence-electron chi connectivity index (χ1n) is 10.9. The molecule has 4 atom stereocenters. The molecule has 0 spiro atoms. The summed E-state index contributed by atoms with van der Waals surface area (Å²) < 4.78 is 5.60. The normalized spacial score (nSPS) is 23.0. The average molecular weight is 402 g/mol. The van der Waals surface area contributed by atoms with Crippen molar-refractivity contribution >= 4 is 22.9 Å². The summed E-state index contributed by atoms with van der Waals surface area (Å²) >= 11 is 0. The zero-order valence-corrected chi connectivity index (χ0v) is 18.4. The first kappa shape index (κ1) is 21.4. The molecule has 7 heteroatoms. The van der Waals surface area contributed by atoms with Crippen molar-refractivity contribution in [2.24, 2.45) is 17.8 Å². The lowest BCUT2D eigenvalue weighted by Crippen LogP contribution is -2.43. The second kappa shape index (κ2) is 9.46. The Morgan fingerprint density at radius 3 is 2.79 bits per heavy atom. The topological polar surface area (TPSA) is 74.3 Å². The second-order valence-corrected chi connectivity index (χ2v) is 8.39. The van der Waals surface area contributed by atoms with Gasteiger partial charge in [0.05, 0.1) is 12.0 Å². The van der Waals surface area contributed by atoms with Crippen LogP contribution in [0.5, 0.6) is 0 Å². The van der Waals surface area contributed by atoms with Crippen molar-refractivity contribution in [3.63, 3.8) is 0 Å². The molecule has 1 N–H and O–H groups in total. The number of ether oxygens (including phenoxy) is 1. The van der Waals surface area contributed by atoms with Gasteiger partial charge in [-0.3, -0.25) is 0 Å². The van der Waals surface area contributed by atoms with E-state index >= 15 is 0 Å². The summed E-state index contributed by atoms with van der Waals surface area (Å²) in [6.07, 6.45) is 6.78. The largest absolute Gasteiger partial charge is 0.449 e. The van der Waals surface area contributed by atoms with Crippen LogP contribution in [0.2, 0.25) is 0 Å². The maximum atomic E-state index is 12.2. The number of nitrogens with zero attached hydrogens (tertiary/aromatic N) is 4. The summed E-state index contributed by atoms with van der Waals surface area (Å²) in [4.78, 5) is 28.3. The van der Waals surface area contributed by atoms with Crippen molar-refractivity contribution in [2.45, 2.75) is 53.0 Å². The van der Waals surface area contributed by atoms with Gasteiger partial charge in [-0.2, -0.15) is 0 Å². The van der Waals surface area contributed by atoms with Gasteiger partial charge in [0.15, 0.2) is 0 Å². The molecule has 2 aromatic rings. The Kier molecular flexibility index (Phi) is 6.98. The highest BCUT2D eigenvalue weighted by atomic mass is 16.6. The zero-order chi connectivity index (χ0) is 21.0. The Balaban J connectivity index is 1.65. The molecule has 0 radical (unpaired) electrons. The molecule has 1 amide bonds. The van der Waals surface area contributed by atoms with Crippen LogP contribution in [0, 0.1) is 17.8 Å². The van der Waals surface area contributed by atoms with E-state index in [0.29, 0.717) is 43.5 Å². The molecule has 29 heavy (non-hydrogen) atoms. The first-order chi connectivity index (χ1) is 14.0. The number of hydrogen-bond donors (Lipinski definition) is 1. The molecule has 0 unspecified atom stereocenters. The number of hydrogen-bond acceptors (Lipinski definition) is 5. The van der Waals surface area contributed by atoms with E-state index in [1.807, 2.05) is 26.1 Å². The Morgan fingerprint density at radius 2 is 2.07 bits per heavy atom. The molecule has 3 rings (SSSR count). The summed E-state index contributed by atoms with van der Waals surface area (Å²) in [7, 11) is 2.14. The van der Waals surface area contributed by atoms with E-state index in [0.717, 1.165) is 23.3 Å². The van der Waals surface area contributed by atoms with E-state index in [1.54, 1.807) is 11.2 Å². The monoisotopic (exact) mass is 401 g/mol. The van der Waals surface area contributed by atoms with Crippen molar-refractivity contribution in [2.75, 3.05) is 31.6 Å². The molecule has 1 saturated carbocycles. The summed E-state index contributed by atoms with van der Waals surface area (Å²) in [5.74, 6) is 2.45. The number of aromatic amines is 1. The Hall–Kier alpha value is -2.31. The summed E-state index contributed by atoms with van der Waals surface area (Å²) in [5.41, 5.74) is 0.874. The highest BCUT2D eigenvalue weighted by molar-refractivity contribution is 5.87. The number of amides is 1. The van der Waals surface area contributed by atoms with E-state index in [4.69, 9.17) is 4.74 Å². The van der Waals surface area contributed by atoms with Gasteiger partial charge in [0.1, 0.15) is 17.8 Å². The van der Waals surface area contributed by atoms with Crippen LogP contribution in [0.25, 0.3) is 11.0 Å². The third-order valence-corrected chi connectivity index (χ3v) is 6.65. The molecule has 2 aromatic heterocycles. The van der Waals surface area contributed by atoms with Gasteiger partial charge in [-0.1, -0.05) is 13.8 Å². The van der Waals surface area contributed by atoms with Gasteiger partial charge < -0.3 is 19.5 Å². The smallest absolute Gasteiger partial charge is 0.409 e. The van der Waals surface area contributed by atoms with E-state index in [1.165, 1.54) is 12.8 Å². The molecule has 0 bridgehead atoms. The molecule has 0 saturated heterocycles. The number of nitrogens with one attached hydrogen (secondary N) is 1. The molecule has 0 aromatic carbocycles. The molecule has 7 nitrogen and oxygen atoms in total. The lowest BCUT2D eigenvalue weighted by molar-refractivity contribution is 0.0714. The van der Waals surface area contributed by atoms with Gasteiger partial charge in [-0.05, 0) is 56.9 Å². The number of fused-ring (bicyclic) bond motifs is 1. The molecule has 160 valence electrons. The number of H-pyrrole nitrogens is 1. The SMILES string of the molecule is CCN(CC)C(=O)OC[C@H](C)[C@H]1CC[C@@H](C)[C@@H](N(C)c2ncnc3[nH]ccc23)C1. The van der Waals surface area contributed by atoms with E-state index < -0.39 is 0 Å². The van der Waals surface area contributed by atoms with Crippen LogP contribution in [0.4, 0.5) is 10.6 Å². The van der Waals surface area contributed by atoms with Crippen LogP contribution in [0.15, 0.2) is 18.6 Å². The minimum Gasteiger partial charge on any atom is -0.449 e. The Bertz CT molecular complexity index is 803. The predicted octanol–water partition coefficient (Wildman–Crippen LogP) is 4.31. The zero-order valence-electron chi connectivity index (χ0n) is 18.4. The lowest BCUT2D eigenvalue weighted by Gasteiger charge is -2.42. The average Bonchev–Trinajstić information content (AvgIpc) is 3.21. The molecule has 2 heterocycles. The maximum Gasteiger partial charge on any atom is 0.409 e. The van der Waals surface area contributed by atoms with Crippen LogP contribution in [-0.4, -0.2) is 58.7 Å². The number of rotatable bonds is 7. The van der Waals surface area contributed by atoms with Crippen LogP contribution >= 0.6 is 0 Å². The van der Waals surface area contributed by atoms with Gasteiger partial charge in [0.25, 0.3) is 0 Å². The number of aromatic nitrogens is 3. The predicted molar refractivity (Wildman–Crippen MR) is 116 cm³/mol. The fraction of sp³-hybridized carbons (Fsp3) is 0.682. The number of carbonyl (C=O) groups excluding carboxylic acids is 1. The molecule has 0 aliphatic heterocycles. The third kappa shape index (κ3) is 4.65. The Morgan fingerprint density at radius 1 is 1.31 bits per heavy atom. The lowest BCUT2D eigenvalue weighted by atomic mass is 9.74. The molecular formula is C22H35N5O2. The summed E-state index contributed by atoms with van der Waals surface area (Å²) in [6.45, 7) is 10.4. The molecule has 1 fully saturated rings. The summed E-state index contributed by atoms with van der Waals surface area (Å²) in [5, 5.41) is 1.06. The quantitative estimate of drug-likeness (QED) is 0.748. The van der Waals surface area contributed by atoms with Gasteiger partial charge >= 0.3 is 6.09 Å². The van der Waals surface area contributed by atoms with Gasteiger partial charge in [0, 0.05) is 32.4 Å². The second-order valence-electron chi connectivity index (χ2n) is 8.39. The Labute approximate surface area is 173 Å². The first-order valence-corrected chi connectivity index (χ1v) is 10.9. The highest BCUT2D eigenvalue weighted by Gasteiger charge is 2.34. The van der Waals surface area contributed by atoms with Gasteiger partial charge in [-0.15, -0.1) is 0 Å². The fourth-order valence-electron chi connectivity index (χ4n) is 4.60. The van der Waals surface area contributed by atoms with Crippen molar-refractivity contribution < 1.29 is 9.53 Å². The molecule has 1 aliphatic carbocycles. The number of anilines is 1. The van der Waals surface area contributed by atoms with E-state index in [9.17, 15) is 4.79 Å². The molecule has 1 aliphatic rings. The van der Waals surface area contributed by atoms with Crippen LogP contribution < -0.4 is 4.90 Å². The fourth-order valence-corrected chi connectivity index (χ4v) is 4.60. The molecular weight excluding hydrogens is 366 g/mol. The third-order valence-electron chi connectivity index (χ3n) is 6.65. The minimum atomic E-state index is -0.199. The van der Waals surface area contributed by atoms with Gasteiger partial charge in [-0.25, -0.2) is 14.8 Å². The van der Waals surface area contributed by atoms with Crippen molar-refractivity contribution in [3.05, 3.63) is 18.6 Å². The number of carbonyl (C=O) groups is 1. The maximum absolute atomic E-state index is 12.2. The highest BCUT2D eigenvalue weighted by Crippen LogP contribution is 2.38. The van der Waals surface area contributed by atoms with Crippen LogP contribution in [-0.2, 0) is 4.74 Å².